The summed E-state index contributed by atoms with van der Waals surface area (Å²) in [5.74, 6) is 0.896. The van der Waals surface area contributed by atoms with E-state index in [1.165, 1.54) is 0 Å². The Morgan fingerprint density at radius 3 is 2.87 bits per heavy atom. The van der Waals surface area contributed by atoms with E-state index < -0.39 is 0 Å². The maximum absolute atomic E-state index is 5.97. The van der Waals surface area contributed by atoms with Crippen molar-refractivity contribution in [3.63, 3.8) is 0 Å². The Kier molecular flexibility index (Phi) is 2.25. The number of anilines is 2. The van der Waals surface area contributed by atoms with Crippen molar-refractivity contribution >= 4 is 11.4 Å². The first-order valence-corrected chi connectivity index (χ1v) is 5.36. The average molecular weight is 206 g/mol. The third kappa shape index (κ3) is 1.74. The number of benzene rings is 1. The predicted octanol–water partition coefficient (Wildman–Crippen LogP) is 2.27. The number of rotatable bonds is 1. The van der Waals surface area contributed by atoms with Crippen LogP contribution in [0.25, 0.3) is 0 Å². The lowest BCUT2D eigenvalue weighted by Gasteiger charge is -2.41. The second-order valence-corrected chi connectivity index (χ2v) is 4.57. The summed E-state index contributed by atoms with van der Waals surface area (Å²) in [5.41, 5.74) is 7.67. The minimum absolute atomic E-state index is 0.142. The highest BCUT2D eigenvalue weighted by Crippen LogP contribution is 2.40. The molecule has 1 aliphatic heterocycles. The molecule has 1 heterocycles. The molecule has 1 aromatic rings. The van der Waals surface area contributed by atoms with Crippen LogP contribution >= 0.6 is 0 Å². The van der Waals surface area contributed by atoms with Gasteiger partial charge in [0.25, 0.3) is 0 Å². The lowest BCUT2D eigenvalue weighted by atomic mass is 10.0. The molecule has 3 heteroatoms. The van der Waals surface area contributed by atoms with Crippen molar-refractivity contribution in [3.8, 4) is 5.75 Å². The number of para-hydroxylation sites is 1. The normalized spacial score (nSPS) is 18.2. The van der Waals surface area contributed by atoms with Crippen molar-refractivity contribution in [2.75, 3.05) is 23.7 Å². The molecule has 15 heavy (non-hydrogen) atoms. The summed E-state index contributed by atoms with van der Waals surface area (Å²) in [6.45, 7) is 8.17. The fourth-order valence-corrected chi connectivity index (χ4v) is 2.10. The van der Waals surface area contributed by atoms with Crippen LogP contribution in [0.3, 0.4) is 0 Å². The topological polar surface area (TPSA) is 38.5 Å². The van der Waals surface area contributed by atoms with Crippen molar-refractivity contribution in [3.05, 3.63) is 18.2 Å². The average Bonchev–Trinajstić information content (AvgIpc) is 2.15. The molecule has 0 spiro atoms. The molecule has 3 nitrogen and oxygen atoms in total. The Labute approximate surface area is 90.8 Å². The van der Waals surface area contributed by atoms with Gasteiger partial charge >= 0.3 is 0 Å². The van der Waals surface area contributed by atoms with Crippen LogP contribution in [0.1, 0.15) is 20.8 Å². The highest BCUT2D eigenvalue weighted by molar-refractivity contribution is 5.75. The van der Waals surface area contributed by atoms with Crippen molar-refractivity contribution in [2.45, 2.75) is 26.4 Å². The van der Waals surface area contributed by atoms with Gasteiger partial charge in [-0.25, -0.2) is 0 Å². The van der Waals surface area contributed by atoms with Crippen LogP contribution in [-0.2, 0) is 0 Å². The zero-order valence-corrected chi connectivity index (χ0v) is 9.58. The van der Waals surface area contributed by atoms with E-state index in [0.717, 1.165) is 30.2 Å². The quantitative estimate of drug-likeness (QED) is 0.716. The van der Waals surface area contributed by atoms with Gasteiger partial charge in [-0.3, -0.25) is 0 Å². The molecule has 0 saturated heterocycles. The van der Waals surface area contributed by atoms with Crippen molar-refractivity contribution in [1.82, 2.24) is 0 Å². The summed E-state index contributed by atoms with van der Waals surface area (Å²) in [5, 5.41) is 0. The SMILES string of the molecule is CCN1CC(C)(C)Oc2cccc(N)c21. The molecule has 1 aliphatic rings. The second-order valence-electron chi connectivity index (χ2n) is 4.57. The van der Waals surface area contributed by atoms with Gasteiger partial charge in [0, 0.05) is 6.54 Å². The smallest absolute Gasteiger partial charge is 0.145 e. The van der Waals surface area contributed by atoms with Crippen LogP contribution in [-0.4, -0.2) is 18.7 Å². The molecule has 1 aromatic carbocycles. The number of ether oxygens (including phenoxy) is 1. The van der Waals surface area contributed by atoms with Gasteiger partial charge in [0.05, 0.1) is 12.2 Å². The standard InChI is InChI=1S/C12H18N2O/c1-4-14-8-12(2,3)15-10-7-5-6-9(13)11(10)14/h5-7H,4,8,13H2,1-3H3. The van der Waals surface area contributed by atoms with E-state index in [-0.39, 0.29) is 5.60 Å². The van der Waals surface area contributed by atoms with Crippen LogP contribution < -0.4 is 15.4 Å². The summed E-state index contributed by atoms with van der Waals surface area (Å²) < 4.78 is 5.91. The zero-order chi connectivity index (χ0) is 11.1. The van der Waals surface area contributed by atoms with E-state index in [9.17, 15) is 0 Å². The molecular formula is C12H18N2O. The molecule has 82 valence electrons. The van der Waals surface area contributed by atoms with E-state index >= 15 is 0 Å². The molecule has 0 unspecified atom stereocenters. The van der Waals surface area contributed by atoms with Gasteiger partial charge in [-0.1, -0.05) is 6.07 Å². The van der Waals surface area contributed by atoms with E-state index in [1.54, 1.807) is 0 Å². The van der Waals surface area contributed by atoms with Crippen LogP contribution in [0.15, 0.2) is 18.2 Å². The highest BCUT2D eigenvalue weighted by atomic mass is 16.5. The molecule has 0 fully saturated rings. The Bertz CT molecular complexity index is 374. The van der Waals surface area contributed by atoms with Crippen LogP contribution in [0.5, 0.6) is 5.75 Å². The number of nitrogens with zero attached hydrogens (tertiary/aromatic N) is 1. The largest absolute Gasteiger partial charge is 0.484 e. The highest BCUT2D eigenvalue weighted by Gasteiger charge is 2.31. The van der Waals surface area contributed by atoms with Gasteiger partial charge in [-0.15, -0.1) is 0 Å². The molecule has 0 atom stereocenters. The maximum Gasteiger partial charge on any atom is 0.145 e. The number of likely N-dealkylation sites (N-methyl/N-ethyl adjacent to an activating group) is 1. The van der Waals surface area contributed by atoms with Gasteiger partial charge < -0.3 is 15.4 Å². The van der Waals surface area contributed by atoms with Crippen LogP contribution in [0.4, 0.5) is 11.4 Å². The Hall–Kier alpha value is -1.38. The monoisotopic (exact) mass is 206 g/mol. The van der Waals surface area contributed by atoms with Gasteiger partial charge in [-0.05, 0) is 32.9 Å². The number of nitrogens with two attached hydrogens (primary N) is 1. The summed E-state index contributed by atoms with van der Waals surface area (Å²) in [6, 6.07) is 5.84. The zero-order valence-electron chi connectivity index (χ0n) is 9.58. The van der Waals surface area contributed by atoms with Crippen LogP contribution in [0, 0.1) is 0 Å². The first-order chi connectivity index (χ1) is 7.03. The Morgan fingerprint density at radius 1 is 1.47 bits per heavy atom. The first kappa shape index (κ1) is 10.1. The fraction of sp³-hybridized carbons (Fsp3) is 0.500. The molecule has 2 rings (SSSR count). The summed E-state index contributed by atoms with van der Waals surface area (Å²) >= 11 is 0. The van der Waals surface area contributed by atoms with Crippen molar-refractivity contribution in [2.24, 2.45) is 0 Å². The first-order valence-electron chi connectivity index (χ1n) is 5.36. The lowest BCUT2D eigenvalue weighted by molar-refractivity contribution is 0.106. The van der Waals surface area contributed by atoms with Crippen molar-refractivity contribution in [1.29, 1.82) is 0 Å². The summed E-state index contributed by atoms with van der Waals surface area (Å²) in [4.78, 5) is 2.27. The van der Waals surface area contributed by atoms with E-state index in [0.29, 0.717) is 0 Å². The number of fused-ring (bicyclic) bond motifs is 1. The van der Waals surface area contributed by atoms with E-state index in [2.05, 4.69) is 25.7 Å². The summed E-state index contributed by atoms with van der Waals surface area (Å²) in [7, 11) is 0. The Balaban J connectivity index is 2.49. The minimum Gasteiger partial charge on any atom is -0.484 e. The molecule has 0 aliphatic carbocycles. The maximum atomic E-state index is 5.97. The molecular weight excluding hydrogens is 188 g/mol. The molecule has 0 bridgehead atoms. The van der Waals surface area contributed by atoms with E-state index in [4.69, 9.17) is 10.5 Å². The molecule has 0 saturated carbocycles. The third-order valence-electron chi connectivity index (χ3n) is 2.69. The molecule has 0 aromatic heterocycles. The lowest BCUT2D eigenvalue weighted by Crippen LogP contribution is -2.47. The fourth-order valence-electron chi connectivity index (χ4n) is 2.10. The molecule has 2 N–H and O–H groups in total. The summed E-state index contributed by atoms with van der Waals surface area (Å²) in [6.07, 6.45) is 0. The molecule has 0 radical (unpaired) electrons. The van der Waals surface area contributed by atoms with Gasteiger partial charge in [0.2, 0.25) is 0 Å². The van der Waals surface area contributed by atoms with Crippen molar-refractivity contribution < 1.29 is 4.74 Å². The second kappa shape index (κ2) is 3.33. The number of hydrogen-bond donors (Lipinski definition) is 1. The van der Waals surface area contributed by atoms with Crippen LogP contribution in [0.2, 0.25) is 0 Å². The molecule has 0 amide bonds. The van der Waals surface area contributed by atoms with Gasteiger partial charge in [0.15, 0.2) is 0 Å². The van der Waals surface area contributed by atoms with Gasteiger partial charge in [-0.2, -0.15) is 0 Å². The van der Waals surface area contributed by atoms with E-state index in [1.807, 2.05) is 18.2 Å². The number of nitrogen functional groups attached to an aromatic ring is 1. The number of hydrogen-bond acceptors (Lipinski definition) is 3. The third-order valence-corrected chi connectivity index (χ3v) is 2.69. The predicted molar refractivity (Wildman–Crippen MR) is 63.4 cm³/mol. The minimum atomic E-state index is -0.142. The Morgan fingerprint density at radius 2 is 2.20 bits per heavy atom. The van der Waals surface area contributed by atoms with Gasteiger partial charge in [0.1, 0.15) is 17.0 Å².